The molecular formula is C49H33N3OS. The largest absolute Gasteiger partial charge is 0.456 e. The van der Waals surface area contributed by atoms with Gasteiger partial charge in [0.25, 0.3) is 0 Å². The molecule has 0 aliphatic rings. The van der Waals surface area contributed by atoms with Crippen LogP contribution in [0.1, 0.15) is 6.85 Å². The molecule has 2 aromatic heterocycles. The Hall–Kier alpha value is -6.95. The molecule has 0 bridgehead atoms. The first-order valence-corrected chi connectivity index (χ1v) is 18.4. The second-order valence-electron chi connectivity index (χ2n) is 12.9. The van der Waals surface area contributed by atoms with Crippen LogP contribution in [0.15, 0.2) is 204 Å². The van der Waals surface area contributed by atoms with Gasteiger partial charge in [-0.3, -0.25) is 0 Å². The normalized spacial score (nSPS) is 12.6. The lowest BCUT2D eigenvalue weighted by Gasteiger charge is -2.26. The van der Waals surface area contributed by atoms with Crippen LogP contribution in [-0.2, 0) is 0 Å². The molecule has 0 radical (unpaired) electrons. The first-order valence-electron chi connectivity index (χ1n) is 20.1. The van der Waals surface area contributed by atoms with E-state index in [-0.39, 0.29) is 29.7 Å². The van der Waals surface area contributed by atoms with Crippen molar-refractivity contribution >= 4 is 77.6 Å². The maximum Gasteiger partial charge on any atom is 0.137 e. The maximum absolute atomic E-state index is 8.48. The summed E-state index contributed by atoms with van der Waals surface area (Å²) in [6, 6.07) is 55.5. The average Bonchev–Trinajstić information content (AvgIpc) is 3.88. The van der Waals surface area contributed by atoms with Crippen LogP contribution >= 0.6 is 11.3 Å². The summed E-state index contributed by atoms with van der Waals surface area (Å²) in [7, 11) is 0. The van der Waals surface area contributed by atoms with E-state index in [9.17, 15) is 0 Å². The second-order valence-corrected chi connectivity index (χ2v) is 13.9. The Labute approximate surface area is 324 Å². The Morgan fingerprint density at radius 1 is 0.444 bits per heavy atom. The van der Waals surface area contributed by atoms with E-state index in [0.717, 1.165) is 72.2 Å². The summed E-state index contributed by atoms with van der Waals surface area (Å²) in [4.78, 5) is 9.23. The molecule has 0 aliphatic heterocycles. The molecule has 0 atom stereocenters. The Morgan fingerprint density at radius 2 is 1.00 bits per heavy atom. The van der Waals surface area contributed by atoms with Crippen molar-refractivity contribution in [1.82, 2.24) is 4.98 Å². The van der Waals surface area contributed by atoms with Crippen LogP contribution in [0.3, 0.4) is 0 Å². The van der Waals surface area contributed by atoms with E-state index in [1.54, 1.807) is 23.5 Å². The van der Waals surface area contributed by atoms with Crippen LogP contribution in [0, 0.1) is 0 Å². The maximum atomic E-state index is 8.48. The van der Waals surface area contributed by atoms with Gasteiger partial charge in [0.2, 0.25) is 0 Å². The van der Waals surface area contributed by atoms with Crippen molar-refractivity contribution in [3.8, 4) is 21.7 Å². The van der Waals surface area contributed by atoms with Gasteiger partial charge in [0.15, 0.2) is 0 Å². The lowest BCUT2D eigenvalue weighted by molar-refractivity contribution is 0.669. The van der Waals surface area contributed by atoms with Gasteiger partial charge in [0.1, 0.15) is 16.2 Å². The highest BCUT2D eigenvalue weighted by atomic mass is 32.1. The number of nitrogens with zero attached hydrogens (tertiary/aromatic N) is 3. The number of para-hydroxylation sites is 3. The molecule has 0 saturated heterocycles. The number of benzene rings is 8. The first-order chi connectivity index (χ1) is 28.8. The van der Waals surface area contributed by atoms with Gasteiger partial charge in [-0.05, 0) is 114 Å². The molecule has 256 valence electrons. The second kappa shape index (κ2) is 13.6. The van der Waals surface area contributed by atoms with Crippen molar-refractivity contribution < 1.29 is 11.3 Å². The summed E-state index contributed by atoms with van der Waals surface area (Å²) < 4.78 is 49.0. The number of thiazole rings is 1. The number of aromatic nitrogens is 1. The molecule has 4 nitrogen and oxygen atoms in total. The molecule has 54 heavy (non-hydrogen) atoms. The van der Waals surface area contributed by atoms with E-state index in [4.69, 9.17) is 16.3 Å². The molecule has 0 fully saturated rings. The molecule has 0 amide bonds. The number of rotatable bonds is 8. The summed E-state index contributed by atoms with van der Waals surface area (Å²) >= 11 is 1.70. The van der Waals surface area contributed by atoms with Gasteiger partial charge >= 0.3 is 0 Å². The number of fused-ring (bicyclic) bond motifs is 4. The molecule has 8 aromatic carbocycles. The van der Waals surface area contributed by atoms with E-state index in [2.05, 4.69) is 76.5 Å². The lowest BCUT2D eigenvalue weighted by Crippen LogP contribution is -2.09. The Morgan fingerprint density at radius 3 is 1.67 bits per heavy atom. The van der Waals surface area contributed by atoms with Crippen molar-refractivity contribution in [3.05, 3.63) is 200 Å². The number of furan rings is 1. The SMILES string of the molecule is [2H]c1c([2H])c([2H])c(-c2ccc(N(c3ccccc3)c3ccc4c(c3)oc3ccc(N(c5ccccc5)c5ccc(-c6nc7ccccc7s6)cc5)cc34)cc2)c([2H])c1[2H]. The third-order valence-electron chi connectivity index (χ3n) is 9.56. The standard InChI is InChI=1S/C49H33N3OS/c1-4-12-34(13-5-1)35-20-24-39(25-21-35)52(38-16-8-3-9-17-38)42-28-30-43-44-32-41(29-31-46(44)53-47(43)33-42)51(37-14-6-2-7-15-37)40-26-22-36(23-27-40)49-50-45-18-10-11-19-48(45)54-49/h1-33H/i1D,4D,5D,12D,13D. The minimum Gasteiger partial charge on any atom is -0.456 e. The van der Waals surface area contributed by atoms with Gasteiger partial charge in [0, 0.05) is 56.5 Å². The van der Waals surface area contributed by atoms with Crippen molar-refractivity contribution in [2.45, 2.75) is 0 Å². The number of hydrogen-bond acceptors (Lipinski definition) is 5. The van der Waals surface area contributed by atoms with Gasteiger partial charge in [0.05, 0.1) is 17.1 Å². The molecule has 0 saturated carbocycles. The molecular weight excluding hydrogens is 679 g/mol. The Balaban J connectivity index is 1.02. The fourth-order valence-corrected chi connectivity index (χ4v) is 7.97. The average molecular weight is 717 g/mol. The van der Waals surface area contributed by atoms with Crippen molar-refractivity contribution in [2.24, 2.45) is 0 Å². The van der Waals surface area contributed by atoms with Crippen LogP contribution in [0.2, 0.25) is 0 Å². The first kappa shape index (κ1) is 26.8. The fourth-order valence-electron chi connectivity index (χ4n) is 7.00. The van der Waals surface area contributed by atoms with E-state index in [0.29, 0.717) is 5.56 Å². The highest BCUT2D eigenvalue weighted by Crippen LogP contribution is 2.42. The predicted octanol–water partition coefficient (Wildman–Crippen LogP) is 14.5. The summed E-state index contributed by atoms with van der Waals surface area (Å²) in [6.07, 6.45) is 0. The molecule has 0 N–H and O–H groups in total. The Bertz CT molecular complexity index is 3110. The zero-order chi connectivity index (χ0) is 40.2. The zero-order valence-corrected chi connectivity index (χ0v) is 29.6. The third-order valence-corrected chi connectivity index (χ3v) is 10.6. The quantitative estimate of drug-likeness (QED) is 0.157. The van der Waals surface area contributed by atoms with Gasteiger partial charge in [-0.1, -0.05) is 90.9 Å². The monoisotopic (exact) mass is 716 g/mol. The molecule has 0 unspecified atom stereocenters. The van der Waals surface area contributed by atoms with E-state index in [1.165, 1.54) is 4.70 Å². The minimum atomic E-state index is -0.409. The van der Waals surface area contributed by atoms with Crippen molar-refractivity contribution in [3.63, 3.8) is 0 Å². The smallest absolute Gasteiger partial charge is 0.137 e. The van der Waals surface area contributed by atoms with Crippen LogP contribution in [0.25, 0.3) is 53.9 Å². The highest BCUT2D eigenvalue weighted by molar-refractivity contribution is 7.21. The van der Waals surface area contributed by atoms with Gasteiger partial charge in [-0.25, -0.2) is 4.98 Å². The fraction of sp³-hybridized carbons (Fsp3) is 0. The van der Waals surface area contributed by atoms with Crippen LogP contribution in [-0.4, -0.2) is 4.98 Å². The van der Waals surface area contributed by atoms with Gasteiger partial charge in [-0.2, -0.15) is 0 Å². The summed E-state index contributed by atoms with van der Waals surface area (Å²) in [6.45, 7) is 0. The molecule has 0 spiro atoms. The van der Waals surface area contributed by atoms with Crippen LogP contribution in [0.5, 0.6) is 0 Å². The van der Waals surface area contributed by atoms with Crippen LogP contribution < -0.4 is 9.80 Å². The summed E-state index contributed by atoms with van der Waals surface area (Å²) in [5, 5.41) is 2.96. The number of anilines is 6. The van der Waals surface area contributed by atoms with E-state index < -0.39 is 6.04 Å². The molecule has 10 rings (SSSR count). The molecule has 0 aliphatic carbocycles. The topological polar surface area (TPSA) is 32.5 Å². The predicted molar refractivity (Wildman–Crippen MR) is 227 cm³/mol. The summed E-state index contributed by atoms with van der Waals surface area (Å²) in [5.74, 6) is 0. The van der Waals surface area contributed by atoms with Gasteiger partial charge in [-0.15, -0.1) is 11.3 Å². The van der Waals surface area contributed by atoms with Crippen molar-refractivity contribution in [2.75, 3.05) is 9.80 Å². The third kappa shape index (κ3) is 5.87. The molecule has 2 heterocycles. The zero-order valence-electron chi connectivity index (χ0n) is 33.8. The van der Waals surface area contributed by atoms with Crippen molar-refractivity contribution in [1.29, 1.82) is 0 Å². The van der Waals surface area contributed by atoms with Gasteiger partial charge < -0.3 is 14.2 Å². The van der Waals surface area contributed by atoms with Crippen LogP contribution in [0.4, 0.5) is 34.1 Å². The number of hydrogen-bond donors (Lipinski definition) is 0. The molecule has 10 aromatic rings. The van der Waals surface area contributed by atoms with E-state index >= 15 is 0 Å². The minimum absolute atomic E-state index is 0.171. The lowest BCUT2D eigenvalue weighted by atomic mass is 10.0. The summed E-state index contributed by atoms with van der Waals surface area (Å²) in [5.41, 5.74) is 9.97. The Kier molecular flexibility index (Phi) is 6.72. The van der Waals surface area contributed by atoms with E-state index in [1.807, 2.05) is 91.0 Å². The molecule has 5 heteroatoms. The highest BCUT2D eigenvalue weighted by Gasteiger charge is 2.18.